The second-order valence-electron chi connectivity index (χ2n) is 8.97. The Morgan fingerprint density at radius 1 is 0.784 bits per heavy atom. The quantitative estimate of drug-likeness (QED) is 0.268. The second kappa shape index (κ2) is 12.5. The Labute approximate surface area is 218 Å². The number of hydrogen-bond acceptors (Lipinski definition) is 3. The molecule has 0 aliphatic heterocycles. The van der Waals surface area contributed by atoms with E-state index in [9.17, 15) is 14.7 Å². The third kappa shape index (κ3) is 7.07. The highest BCUT2D eigenvalue weighted by molar-refractivity contribution is 5.94. The van der Waals surface area contributed by atoms with Crippen molar-refractivity contribution in [2.45, 2.75) is 25.8 Å². The highest BCUT2D eigenvalue weighted by Gasteiger charge is 2.17. The number of ether oxygens (including phenoxy) is 1. The summed E-state index contributed by atoms with van der Waals surface area (Å²) < 4.78 is 5.24. The average Bonchev–Trinajstić information content (AvgIpc) is 2.93. The second-order valence-corrected chi connectivity index (χ2v) is 8.97. The molecule has 0 radical (unpaired) electrons. The smallest absolute Gasteiger partial charge is 0.307 e. The standard InChI is InChI=1S/C32H31NO4/c1-37-29-19-17-27(18-20-29)32(36)33(21-7-10-24-8-3-2-4-9-24)23-25-13-15-26(16-14-25)30-12-6-5-11-28(30)22-31(34)35/h2-6,8-9,11-20H,7,10,21-23H2,1H3,(H,34,35). The maximum Gasteiger partial charge on any atom is 0.307 e. The Morgan fingerprint density at radius 2 is 1.46 bits per heavy atom. The Kier molecular flexibility index (Phi) is 8.71. The zero-order valence-electron chi connectivity index (χ0n) is 21.0. The van der Waals surface area contributed by atoms with Crippen molar-refractivity contribution >= 4 is 11.9 Å². The van der Waals surface area contributed by atoms with Crippen molar-refractivity contribution in [3.05, 3.63) is 125 Å². The van der Waals surface area contributed by atoms with Crippen LogP contribution in [0.2, 0.25) is 0 Å². The molecular formula is C32H31NO4. The minimum Gasteiger partial charge on any atom is -0.497 e. The van der Waals surface area contributed by atoms with E-state index in [4.69, 9.17) is 4.74 Å². The maximum atomic E-state index is 13.5. The predicted octanol–water partition coefficient (Wildman–Crippen LogP) is 6.26. The number of methoxy groups -OCH3 is 1. The molecule has 0 aromatic heterocycles. The molecule has 0 fully saturated rings. The van der Waals surface area contributed by atoms with E-state index in [0.717, 1.165) is 35.1 Å². The van der Waals surface area contributed by atoms with Gasteiger partial charge in [-0.05, 0) is 64.9 Å². The van der Waals surface area contributed by atoms with Crippen LogP contribution in [0, 0.1) is 0 Å². The summed E-state index contributed by atoms with van der Waals surface area (Å²) in [4.78, 5) is 26.6. The molecule has 4 aromatic carbocycles. The van der Waals surface area contributed by atoms with Crippen molar-refractivity contribution in [2.75, 3.05) is 13.7 Å². The lowest BCUT2D eigenvalue weighted by Crippen LogP contribution is -2.31. The van der Waals surface area contributed by atoms with E-state index in [1.807, 2.05) is 71.6 Å². The first-order valence-corrected chi connectivity index (χ1v) is 12.4. The van der Waals surface area contributed by atoms with Gasteiger partial charge in [-0.1, -0.05) is 78.9 Å². The predicted molar refractivity (Wildman–Crippen MR) is 146 cm³/mol. The number of nitrogens with zero attached hydrogens (tertiary/aromatic N) is 1. The van der Waals surface area contributed by atoms with Crippen LogP contribution in [0.15, 0.2) is 103 Å². The van der Waals surface area contributed by atoms with Crippen LogP contribution in [0.3, 0.4) is 0 Å². The Balaban J connectivity index is 1.51. The van der Waals surface area contributed by atoms with Crippen LogP contribution in [-0.2, 0) is 24.2 Å². The van der Waals surface area contributed by atoms with E-state index in [1.54, 1.807) is 31.4 Å². The molecule has 0 atom stereocenters. The lowest BCUT2D eigenvalue weighted by atomic mass is 9.97. The molecule has 1 amide bonds. The zero-order valence-corrected chi connectivity index (χ0v) is 21.0. The SMILES string of the molecule is COc1ccc(C(=O)N(CCCc2ccccc2)Cc2ccc(-c3ccccc3CC(=O)O)cc2)cc1. The van der Waals surface area contributed by atoms with Gasteiger partial charge >= 0.3 is 5.97 Å². The summed E-state index contributed by atoms with van der Waals surface area (Å²) in [6.45, 7) is 1.11. The summed E-state index contributed by atoms with van der Waals surface area (Å²) in [6, 6.07) is 33.1. The van der Waals surface area contributed by atoms with E-state index in [1.165, 1.54) is 5.56 Å². The van der Waals surface area contributed by atoms with Crippen LogP contribution in [0.5, 0.6) is 5.75 Å². The van der Waals surface area contributed by atoms with Crippen LogP contribution in [-0.4, -0.2) is 35.5 Å². The van der Waals surface area contributed by atoms with Crippen molar-refractivity contribution in [2.24, 2.45) is 0 Å². The minimum absolute atomic E-state index is 0.0217. The summed E-state index contributed by atoms with van der Waals surface area (Å²) in [5, 5.41) is 9.26. The molecule has 188 valence electrons. The van der Waals surface area contributed by atoms with Crippen LogP contribution >= 0.6 is 0 Å². The molecule has 0 unspecified atom stereocenters. The Hall–Kier alpha value is -4.38. The van der Waals surface area contributed by atoms with Crippen molar-refractivity contribution < 1.29 is 19.4 Å². The first kappa shape index (κ1) is 25.7. The molecule has 5 heteroatoms. The number of benzene rings is 4. The number of aliphatic carboxylic acids is 1. The van der Waals surface area contributed by atoms with Gasteiger partial charge in [-0.3, -0.25) is 9.59 Å². The van der Waals surface area contributed by atoms with Gasteiger partial charge in [0.25, 0.3) is 5.91 Å². The number of aryl methyl sites for hydroxylation is 1. The molecule has 0 aliphatic rings. The van der Waals surface area contributed by atoms with Crippen LogP contribution in [0.25, 0.3) is 11.1 Å². The molecular weight excluding hydrogens is 462 g/mol. The average molecular weight is 494 g/mol. The molecule has 0 saturated carbocycles. The number of carboxylic acids is 1. The van der Waals surface area contributed by atoms with Crippen molar-refractivity contribution in [3.8, 4) is 16.9 Å². The summed E-state index contributed by atoms with van der Waals surface area (Å²) >= 11 is 0. The first-order valence-electron chi connectivity index (χ1n) is 12.4. The van der Waals surface area contributed by atoms with Gasteiger partial charge in [-0.25, -0.2) is 0 Å². The molecule has 5 nitrogen and oxygen atoms in total. The van der Waals surface area contributed by atoms with E-state index < -0.39 is 5.97 Å². The number of rotatable bonds is 11. The maximum absolute atomic E-state index is 13.5. The van der Waals surface area contributed by atoms with Gasteiger partial charge in [0.1, 0.15) is 5.75 Å². The van der Waals surface area contributed by atoms with Gasteiger partial charge in [-0.2, -0.15) is 0 Å². The largest absolute Gasteiger partial charge is 0.497 e. The topological polar surface area (TPSA) is 66.8 Å². The summed E-state index contributed by atoms with van der Waals surface area (Å²) in [7, 11) is 1.61. The number of carboxylic acid groups (broad SMARTS) is 1. The minimum atomic E-state index is -0.854. The molecule has 0 aliphatic carbocycles. The lowest BCUT2D eigenvalue weighted by Gasteiger charge is -2.23. The Bertz CT molecular complexity index is 1320. The lowest BCUT2D eigenvalue weighted by molar-refractivity contribution is -0.136. The number of hydrogen-bond donors (Lipinski definition) is 1. The third-order valence-electron chi connectivity index (χ3n) is 6.36. The zero-order chi connectivity index (χ0) is 26.0. The number of carbonyl (C=O) groups excluding carboxylic acids is 1. The number of amides is 1. The normalized spacial score (nSPS) is 10.6. The fourth-order valence-electron chi connectivity index (χ4n) is 4.42. The van der Waals surface area contributed by atoms with E-state index >= 15 is 0 Å². The molecule has 0 spiro atoms. The molecule has 0 bridgehead atoms. The molecule has 0 heterocycles. The summed E-state index contributed by atoms with van der Waals surface area (Å²) in [5.74, 6) is -0.162. The van der Waals surface area contributed by atoms with Crippen LogP contribution in [0.4, 0.5) is 0 Å². The van der Waals surface area contributed by atoms with Crippen LogP contribution < -0.4 is 4.74 Å². The molecule has 0 saturated heterocycles. The summed E-state index contributed by atoms with van der Waals surface area (Å²) in [6.07, 6.45) is 1.72. The van der Waals surface area contributed by atoms with E-state index in [2.05, 4.69) is 12.1 Å². The molecule has 4 aromatic rings. The first-order chi connectivity index (χ1) is 18.0. The van der Waals surface area contributed by atoms with E-state index in [-0.39, 0.29) is 12.3 Å². The monoisotopic (exact) mass is 493 g/mol. The van der Waals surface area contributed by atoms with Gasteiger partial charge in [0.2, 0.25) is 0 Å². The van der Waals surface area contributed by atoms with Crippen LogP contribution in [0.1, 0.15) is 33.5 Å². The van der Waals surface area contributed by atoms with Crippen molar-refractivity contribution in [1.29, 1.82) is 0 Å². The Morgan fingerprint density at radius 3 is 2.14 bits per heavy atom. The van der Waals surface area contributed by atoms with Crippen molar-refractivity contribution in [1.82, 2.24) is 4.90 Å². The van der Waals surface area contributed by atoms with Gasteiger partial charge in [0, 0.05) is 18.7 Å². The van der Waals surface area contributed by atoms with Gasteiger partial charge in [0.15, 0.2) is 0 Å². The number of carbonyl (C=O) groups is 2. The van der Waals surface area contributed by atoms with Crippen molar-refractivity contribution in [3.63, 3.8) is 0 Å². The van der Waals surface area contributed by atoms with E-state index in [0.29, 0.717) is 24.4 Å². The summed E-state index contributed by atoms with van der Waals surface area (Å²) in [5.41, 5.74) is 5.53. The van der Waals surface area contributed by atoms with Gasteiger partial charge in [-0.15, -0.1) is 0 Å². The fraction of sp³-hybridized carbons (Fsp3) is 0.188. The molecule has 4 rings (SSSR count). The van der Waals surface area contributed by atoms with Gasteiger partial charge in [0.05, 0.1) is 13.5 Å². The molecule has 1 N–H and O–H groups in total. The highest BCUT2D eigenvalue weighted by atomic mass is 16.5. The van der Waals surface area contributed by atoms with Gasteiger partial charge < -0.3 is 14.7 Å². The fourth-order valence-corrected chi connectivity index (χ4v) is 4.42. The molecule has 37 heavy (non-hydrogen) atoms. The third-order valence-corrected chi connectivity index (χ3v) is 6.36. The highest BCUT2D eigenvalue weighted by Crippen LogP contribution is 2.25.